The average Bonchev–Trinajstić information content (AvgIpc) is 2.35. The lowest BCUT2D eigenvalue weighted by Gasteiger charge is -2.17. The van der Waals surface area contributed by atoms with Crippen molar-refractivity contribution >= 4 is 21.6 Å². The minimum atomic E-state index is -3.66. The fraction of sp³-hybridized carbons (Fsp3) is 0.500. The van der Waals surface area contributed by atoms with Gasteiger partial charge in [0.25, 0.3) is 0 Å². The van der Waals surface area contributed by atoms with Crippen molar-refractivity contribution in [1.82, 2.24) is 4.72 Å². The maximum Gasteiger partial charge on any atom is 0.244 e. The molecule has 0 fully saturated rings. The molecule has 0 heterocycles. The van der Waals surface area contributed by atoms with E-state index in [2.05, 4.69) is 4.72 Å². The van der Waals surface area contributed by atoms with Crippen molar-refractivity contribution in [3.05, 3.63) is 23.2 Å². The number of ether oxygens (including phenoxy) is 1. The van der Waals surface area contributed by atoms with Gasteiger partial charge in [-0.3, -0.25) is 0 Å². The van der Waals surface area contributed by atoms with Crippen LogP contribution < -0.4 is 15.2 Å². The molecule has 5 nitrogen and oxygen atoms in total. The normalized spacial score (nSPS) is 13.6. The second-order valence-corrected chi connectivity index (χ2v) is 6.73. The van der Waals surface area contributed by atoms with Gasteiger partial charge in [-0.1, -0.05) is 25.4 Å². The van der Waals surface area contributed by atoms with E-state index in [4.69, 9.17) is 22.1 Å². The number of rotatable bonds is 6. The van der Waals surface area contributed by atoms with Crippen LogP contribution in [-0.2, 0) is 10.0 Å². The maximum atomic E-state index is 12.2. The Balaban J connectivity index is 2.95. The Morgan fingerprint density at radius 3 is 2.58 bits per heavy atom. The Labute approximate surface area is 119 Å². The predicted molar refractivity (Wildman–Crippen MR) is 76.0 cm³/mol. The molecule has 0 amide bonds. The first kappa shape index (κ1) is 16.2. The van der Waals surface area contributed by atoms with Gasteiger partial charge in [0.2, 0.25) is 10.0 Å². The Hall–Kier alpha value is -0.820. The summed E-state index contributed by atoms with van der Waals surface area (Å²) in [5, 5.41) is 0.412. The maximum absolute atomic E-state index is 12.2. The Morgan fingerprint density at radius 2 is 2.05 bits per heavy atom. The summed E-state index contributed by atoms with van der Waals surface area (Å²) >= 11 is 5.80. The zero-order valence-corrected chi connectivity index (χ0v) is 12.8. The highest BCUT2D eigenvalue weighted by molar-refractivity contribution is 7.89. The molecule has 0 aliphatic carbocycles. The van der Waals surface area contributed by atoms with E-state index in [-0.39, 0.29) is 29.1 Å². The van der Waals surface area contributed by atoms with Gasteiger partial charge in [0, 0.05) is 23.7 Å². The van der Waals surface area contributed by atoms with Crippen molar-refractivity contribution in [1.29, 1.82) is 0 Å². The van der Waals surface area contributed by atoms with E-state index < -0.39 is 10.0 Å². The molecule has 7 heteroatoms. The number of nitrogens with two attached hydrogens (primary N) is 1. The average molecular weight is 307 g/mol. The summed E-state index contributed by atoms with van der Waals surface area (Å²) in [6.07, 6.45) is 0. The second-order valence-electron chi connectivity index (χ2n) is 4.55. The molecule has 0 aromatic heterocycles. The smallest absolute Gasteiger partial charge is 0.244 e. The predicted octanol–water partition coefficient (Wildman–Crippen LogP) is 1.61. The number of methoxy groups -OCH3 is 1. The highest BCUT2D eigenvalue weighted by atomic mass is 35.5. The van der Waals surface area contributed by atoms with Gasteiger partial charge in [-0.05, 0) is 18.1 Å². The molecule has 0 aliphatic heterocycles. The zero-order chi connectivity index (χ0) is 14.6. The van der Waals surface area contributed by atoms with Crippen LogP contribution in [0.2, 0.25) is 5.02 Å². The van der Waals surface area contributed by atoms with E-state index in [0.29, 0.717) is 5.02 Å². The van der Waals surface area contributed by atoms with Crippen LogP contribution in [0.5, 0.6) is 5.75 Å². The van der Waals surface area contributed by atoms with Crippen LogP contribution in [-0.4, -0.2) is 28.1 Å². The third-order valence-corrected chi connectivity index (χ3v) is 4.48. The number of benzene rings is 1. The minimum absolute atomic E-state index is 0.0513. The molecular weight excluding hydrogens is 288 g/mol. The Morgan fingerprint density at radius 1 is 1.42 bits per heavy atom. The Kier molecular flexibility index (Phi) is 5.61. The summed E-state index contributed by atoms with van der Waals surface area (Å²) in [7, 11) is -2.27. The van der Waals surface area contributed by atoms with Gasteiger partial charge in [0.15, 0.2) is 0 Å². The lowest BCUT2D eigenvalue weighted by molar-refractivity contribution is 0.402. The summed E-state index contributed by atoms with van der Waals surface area (Å²) in [5.74, 6) is 0.396. The third-order valence-electron chi connectivity index (χ3n) is 2.78. The SMILES string of the molecule is COc1cc(Cl)ccc1S(=O)(=O)NCC(N)C(C)C. The third kappa shape index (κ3) is 4.35. The van der Waals surface area contributed by atoms with Crippen molar-refractivity contribution in [2.75, 3.05) is 13.7 Å². The van der Waals surface area contributed by atoms with E-state index in [1.165, 1.54) is 25.3 Å². The number of nitrogens with one attached hydrogen (secondary N) is 1. The fourth-order valence-corrected chi connectivity index (χ4v) is 2.77. The number of hydrogen-bond donors (Lipinski definition) is 2. The van der Waals surface area contributed by atoms with E-state index in [1.54, 1.807) is 0 Å². The molecule has 1 aromatic rings. The molecule has 0 radical (unpaired) electrons. The topological polar surface area (TPSA) is 81.4 Å². The molecule has 0 aliphatic rings. The molecule has 1 aromatic carbocycles. The molecule has 0 spiro atoms. The van der Waals surface area contributed by atoms with Gasteiger partial charge in [-0.25, -0.2) is 13.1 Å². The fourth-order valence-electron chi connectivity index (χ4n) is 1.38. The molecule has 108 valence electrons. The highest BCUT2D eigenvalue weighted by Gasteiger charge is 2.21. The minimum Gasteiger partial charge on any atom is -0.495 e. The van der Waals surface area contributed by atoms with E-state index in [1.807, 2.05) is 13.8 Å². The van der Waals surface area contributed by atoms with E-state index in [0.717, 1.165) is 0 Å². The van der Waals surface area contributed by atoms with Crippen LogP contribution in [0.15, 0.2) is 23.1 Å². The van der Waals surface area contributed by atoms with E-state index in [9.17, 15) is 8.42 Å². The molecule has 1 atom stereocenters. The molecule has 0 saturated carbocycles. The molecule has 3 N–H and O–H groups in total. The van der Waals surface area contributed by atoms with Crippen LogP contribution in [0.1, 0.15) is 13.8 Å². The van der Waals surface area contributed by atoms with Crippen LogP contribution in [0.25, 0.3) is 0 Å². The first-order valence-corrected chi connectivity index (χ1v) is 7.73. The number of hydrogen-bond acceptors (Lipinski definition) is 4. The van der Waals surface area contributed by atoms with Crippen molar-refractivity contribution < 1.29 is 13.2 Å². The molecule has 0 bridgehead atoms. The van der Waals surface area contributed by atoms with Crippen molar-refractivity contribution in [2.24, 2.45) is 11.7 Å². The van der Waals surface area contributed by atoms with E-state index >= 15 is 0 Å². The quantitative estimate of drug-likeness (QED) is 0.836. The van der Waals surface area contributed by atoms with Crippen LogP contribution >= 0.6 is 11.6 Å². The lowest BCUT2D eigenvalue weighted by Crippen LogP contribution is -2.40. The van der Waals surface area contributed by atoms with Crippen molar-refractivity contribution in [3.8, 4) is 5.75 Å². The van der Waals surface area contributed by atoms with Crippen LogP contribution in [0, 0.1) is 5.92 Å². The first-order valence-electron chi connectivity index (χ1n) is 5.86. The first-order chi connectivity index (χ1) is 8.77. The zero-order valence-electron chi connectivity index (χ0n) is 11.2. The molecular formula is C12H19ClN2O3S. The van der Waals surface area contributed by atoms with Gasteiger partial charge in [0.1, 0.15) is 10.6 Å². The molecule has 1 unspecified atom stereocenters. The second kappa shape index (κ2) is 6.56. The highest BCUT2D eigenvalue weighted by Crippen LogP contribution is 2.26. The molecule has 1 rings (SSSR count). The largest absolute Gasteiger partial charge is 0.495 e. The van der Waals surface area contributed by atoms with Gasteiger partial charge in [-0.2, -0.15) is 0 Å². The van der Waals surface area contributed by atoms with Gasteiger partial charge < -0.3 is 10.5 Å². The summed E-state index contributed by atoms with van der Waals surface area (Å²) in [6, 6.07) is 4.12. The number of sulfonamides is 1. The summed E-state index contributed by atoms with van der Waals surface area (Å²) in [4.78, 5) is 0.0513. The molecule has 19 heavy (non-hydrogen) atoms. The van der Waals surface area contributed by atoms with Crippen LogP contribution in [0.4, 0.5) is 0 Å². The number of halogens is 1. The Bertz CT molecular complexity index is 532. The monoisotopic (exact) mass is 306 g/mol. The standard InChI is InChI=1S/C12H19ClN2O3S/c1-8(2)10(14)7-15-19(16,17)12-5-4-9(13)6-11(12)18-3/h4-6,8,10,15H,7,14H2,1-3H3. The van der Waals surface area contributed by atoms with Crippen molar-refractivity contribution in [3.63, 3.8) is 0 Å². The lowest BCUT2D eigenvalue weighted by atomic mass is 10.1. The molecule has 0 saturated heterocycles. The van der Waals surface area contributed by atoms with Gasteiger partial charge in [-0.15, -0.1) is 0 Å². The summed E-state index contributed by atoms with van der Waals surface area (Å²) in [5.41, 5.74) is 5.82. The van der Waals surface area contributed by atoms with Crippen molar-refractivity contribution in [2.45, 2.75) is 24.8 Å². The van der Waals surface area contributed by atoms with Crippen LogP contribution in [0.3, 0.4) is 0 Å². The van der Waals surface area contributed by atoms with Gasteiger partial charge in [0.05, 0.1) is 7.11 Å². The van der Waals surface area contributed by atoms with Gasteiger partial charge >= 0.3 is 0 Å². The summed E-state index contributed by atoms with van der Waals surface area (Å²) < 4.78 is 31.8. The summed E-state index contributed by atoms with van der Waals surface area (Å²) in [6.45, 7) is 4.04.